The molecular weight excluding hydrogens is 310 g/mol. The maximum absolute atomic E-state index is 12.6. The minimum Gasteiger partial charge on any atom is -0.462 e. The highest BCUT2D eigenvalue weighted by Crippen LogP contribution is 2.36. The third kappa shape index (κ3) is 4.22. The molecule has 0 spiro atoms. The highest BCUT2D eigenvalue weighted by Gasteiger charge is 2.41. The van der Waals surface area contributed by atoms with Gasteiger partial charge in [0.15, 0.2) is 0 Å². The minimum absolute atomic E-state index is 0.0439. The van der Waals surface area contributed by atoms with E-state index in [1.54, 1.807) is 0 Å². The first-order chi connectivity index (χ1) is 11.2. The standard InChI is InChI=1S/C18H27NO5/c1-10-5-11(2)18(23)14(6-10)15(24-12(3)20)7-13-8-16(21)19(4)17(22)9-13/h10-11,13-15H,5-9H2,1-4H3/t10-,11-,14?,15+/m0/s1. The molecule has 1 saturated heterocycles. The van der Waals surface area contributed by atoms with Crippen LogP contribution in [-0.4, -0.2) is 41.6 Å². The normalized spacial score (nSPS) is 30.4. The van der Waals surface area contributed by atoms with E-state index in [4.69, 9.17) is 4.74 Å². The molecular formula is C18H27NO5. The summed E-state index contributed by atoms with van der Waals surface area (Å²) in [5.74, 6) is -0.888. The van der Waals surface area contributed by atoms with E-state index < -0.39 is 12.1 Å². The molecule has 2 amide bonds. The molecule has 6 nitrogen and oxygen atoms in total. The number of ketones is 1. The van der Waals surface area contributed by atoms with E-state index in [1.807, 2.05) is 6.92 Å². The second-order valence-electron chi connectivity index (χ2n) is 7.49. The number of imide groups is 1. The molecule has 0 aromatic carbocycles. The number of Topliss-reactive ketones (excluding diaryl/α,β-unsaturated/α-hetero) is 1. The number of hydrogen-bond donors (Lipinski definition) is 0. The van der Waals surface area contributed by atoms with Crippen LogP contribution in [0.4, 0.5) is 0 Å². The molecule has 1 aliphatic carbocycles. The topological polar surface area (TPSA) is 80.8 Å². The Morgan fingerprint density at radius 3 is 2.29 bits per heavy atom. The number of amides is 2. The highest BCUT2D eigenvalue weighted by molar-refractivity contribution is 5.97. The van der Waals surface area contributed by atoms with Gasteiger partial charge in [0.05, 0.1) is 5.92 Å². The van der Waals surface area contributed by atoms with Crippen LogP contribution < -0.4 is 0 Å². The molecule has 4 atom stereocenters. The van der Waals surface area contributed by atoms with Gasteiger partial charge in [-0.25, -0.2) is 0 Å². The largest absolute Gasteiger partial charge is 0.462 e. The van der Waals surface area contributed by atoms with Crippen LogP contribution in [0.2, 0.25) is 0 Å². The zero-order valence-electron chi connectivity index (χ0n) is 14.9. The number of rotatable bonds is 4. The summed E-state index contributed by atoms with van der Waals surface area (Å²) in [6.07, 6.45) is 1.90. The van der Waals surface area contributed by atoms with Crippen molar-refractivity contribution in [1.82, 2.24) is 4.90 Å². The average molecular weight is 337 g/mol. The van der Waals surface area contributed by atoms with E-state index in [0.29, 0.717) is 18.8 Å². The van der Waals surface area contributed by atoms with Gasteiger partial charge in [0.1, 0.15) is 11.9 Å². The van der Waals surface area contributed by atoms with Gasteiger partial charge < -0.3 is 4.74 Å². The number of piperidine rings is 1. The molecule has 2 rings (SSSR count). The molecule has 2 fully saturated rings. The summed E-state index contributed by atoms with van der Waals surface area (Å²) in [7, 11) is 1.48. The highest BCUT2D eigenvalue weighted by atomic mass is 16.5. The Morgan fingerprint density at radius 1 is 1.17 bits per heavy atom. The number of carbonyl (C=O) groups is 4. The molecule has 0 bridgehead atoms. The zero-order valence-corrected chi connectivity index (χ0v) is 14.9. The average Bonchev–Trinajstić information content (AvgIpc) is 2.47. The summed E-state index contributed by atoms with van der Waals surface area (Å²) in [6, 6.07) is 0. The smallest absolute Gasteiger partial charge is 0.302 e. The van der Waals surface area contributed by atoms with Gasteiger partial charge in [0.2, 0.25) is 11.8 Å². The van der Waals surface area contributed by atoms with Crippen molar-refractivity contribution in [3.05, 3.63) is 0 Å². The van der Waals surface area contributed by atoms with Crippen LogP contribution in [0.5, 0.6) is 0 Å². The summed E-state index contributed by atoms with van der Waals surface area (Å²) in [4.78, 5) is 49.0. The fourth-order valence-electron chi connectivity index (χ4n) is 4.05. The van der Waals surface area contributed by atoms with Crippen LogP contribution in [0, 0.1) is 23.7 Å². The number of likely N-dealkylation sites (tertiary alicyclic amines) is 1. The lowest BCUT2D eigenvalue weighted by atomic mass is 9.71. The lowest BCUT2D eigenvalue weighted by Crippen LogP contribution is -2.44. The molecule has 6 heteroatoms. The van der Waals surface area contributed by atoms with Gasteiger partial charge in [-0.2, -0.15) is 0 Å². The Bertz CT molecular complexity index is 526. The van der Waals surface area contributed by atoms with Crippen LogP contribution in [0.25, 0.3) is 0 Å². The van der Waals surface area contributed by atoms with E-state index in [9.17, 15) is 19.2 Å². The van der Waals surface area contributed by atoms with E-state index in [-0.39, 0.29) is 48.2 Å². The van der Waals surface area contributed by atoms with Gasteiger partial charge in [0.25, 0.3) is 0 Å². The molecule has 1 saturated carbocycles. The summed E-state index contributed by atoms with van der Waals surface area (Å²) < 4.78 is 5.46. The van der Waals surface area contributed by atoms with Crippen molar-refractivity contribution in [2.75, 3.05) is 7.05 Å². The first-order valence-electron chi connectivity index (χ1n) is 8.69. The van der Waals surface area contributed by atoms with Crippen LogP contribution in [0.1, 0.15) is 52.9 Å². The summed E-state index contributed by atoms with van der Waals surface area (Å²) in [6.45, 7) is 5.35. The maximum atomic E-state index is 12.6. The fraction of sp³-hybridized carbons (Fsp3) is 0.778. The van der Waals surface area contributed by atoms with Gasteiger partial charge in [-0.1, -0.05) is 13.8 Å². The second-order valence-corrected chi connectivity index (χ2v) is 7.49. The number of esters is 1. The van der Waals surface area contributed by atoms with E-state index in [2.05, 4.69) is 6.92 Å². The van der Waals surface area contributed by atoms with Crippen molar-refractivity contribution in [2.45, 2.75) is 59.0 Å². The molecule has 2 aliphatic rings. The second kappa shape index (κ2) is 7.45. The lowest BCUT2D eigenvalue weighted by molar-refractivity contribution is -0.156. The predicted octanol–water partition coefficient (Wildman–Crippen LogP) is 1.95. The number of ether oxygens (including phenoxy) is 1. The Hall–Kier alpha value is -1.72. The van der Waals surface area contributed by atoms with Crippen molar-refractivity contribution in [3.63, 3.8) is 0 Å². The Kier molecular flexibility index (Phi) is 5.78. The summed E-state index contributed by atoms with van der Waals surface area (Å²) in [5, 5.41) is 0. The third-order valence-electron chi connectivity index (χ3n) is 5.27. The number of carbonyl (C=O) groups excluding carboxylic acids is 4. The molecule has 0 aromatic heterocycles. The van der Waals surface area contributed by atoms with Crippen LogP contribution in [0.3, 0.4) is 0 Å². The van der Waals surface area contributed by atoms with Crippen molar-refractivity contribution in [3.8, 4) is 0 Å². The molecule has 1 unspecified atom stereocenters. The number of hydrogen-bond acceptors (Lipinski definition) is 5. The molecule has 1 heterocycles. The first-order valence-corrected chi connectivity index (χ1v) is 8.69. The maximum Gasteiger partial charge on any atom is 0.302 e. The molecule has 134 valence electrons. The van der Waals surface area contributed by atoms with Crippen molar-refractivity contribution in [1.29, 1.82) is 0 Å². The van der Waals surface area contributed by atoms with E-state index >= 15 is 0 Å². The van der Waals surface area contributed by atoms with Gasteiger partial charge in [-0.05, 0) is 31.1 Å². The van der Waals surface area contributed by atoms with Crippen LogP contribution in [-0.2, 0) is 23.9 Å². The van der Waals surface area contributed by atoms with Gasteiger partial charge >= 0.3 is 5.97 Å². The fourth-order valence-corrected chi connectivity index (χ4v) is 4.05. The van der Waals surface area contributed by atoms with E-state index in [1.165, 1.54) is 14.0 Å². The SMILES string of the molecule is CC(=O)O[C@H](CC1CC(=O)N(C)C(=O)C1)C1C[C@@H](C)C[C@H](C)C1=O. The Labute approximate surface area is 142 Å². The molecule has 1 aliphatic heterocycles. The van der Waals surface area contributed by atoms with Crippen molar-refractivity contribution in [2.24, 2.45) is 23.7 Å². The van der Waals surface area contributed by atoms with Crippen molar-refractivity contribution >= 4 is 23.6 Å². The Morgan fingerprint density at radius 2 is 1.75 bits per heavy atom. The summed E-state index contributed by atoms with van der Waals surface area (Å²) in [5.41, 5.74) is 0. The molecule has 0 radical (unpaired) electrons. The molecule has 0 N–H and O–H groups in total. The predicted molar refractivity (Wildman–Crippen MR) is 86.7 cm³/mol. The van der Waals surface area contributed by atoms with Crippen molar-refractivity contribution < 1.29 is 23.9 Å². The van der Waals surface area contributed by atoms with Gasteiger partial charge in [0, 0.05) is 32.7 Å². The quantitative estimate of drug-likeness (QED) is 0.578. The summed E-state index contributed by atoms with van der Waals surface area (Å²) >= 11 is 0. The van der Waals surface area contributed by atoms with Crippen LogP contribution >= 0.6 is 0 Å². The first kappa shape index (κ1) is 18.6. The molecule has 24 heavy (non-hydrogen) atoms. The van der Waals surface area contributed by atoms with Gasteiger partial charge in [-0.15, -0.1) is 0 Å². The number of nitrogens with zero attached hydrogens (tertiary/aromatic N) is 1. The zero-order chi connectivity index (χ0) is 18.0. The van der Waals surface area contributed by atoms with E-state index in [0.717, 1.165) is 11.3 Å². The van der Waals surface area contributed by atoms with Crippen LogP contribution in [0.15, 0.2) is 0 Å². The monoisotopic (exact) mass is 337 g/mol. The van der Waals surface area contributed by atoms with Gasteiger partial charge in [-0.3, -0.25) is 24.1 Å². The third-order valence-corrected chi connectivity index (χ3v) is 5.27. The minimum atomic E-state index is -0.547. The Balaban J connectivity index is 2.13. The molecule has 0 aromatic rings. The lowest BCUT2D eigenvalue weighted by Gasteiger charge is -2.37.